The van der Waals surface area contributed by atoms with E-state index >= 15 is 0 Å². The molecule has 1 N–H and O–H groups in total. The molecule has 2 heterocycles. The van der Waals surface area contributed by atoms with E-state index in [2.05, 4.69) is 46.8 Å². The molecular formula is C17H25ClN2S. The van der Waals surface area contributed by atoms with Crippen molar-refractivity contribution in [3.8, 4) is 0 Å². The zero-order valence-electron chi connectivity index (χ0n) is 12.7. The van der Waals surface area contributed by atoms with E-state index in [0.717, 1.165) is 19.0 Å². The minimum absolute atomic E-state index is 0. The van der Waals surface area contributed by atoms with E-state index in [9.17, 15) is 0 Å². The SMILES string of the molecule is CCNCC1CCN(Cc2csc3ccccc23)CC1.Cl. The molecule has 1 aromatic carbocycles. The van der Waals surface area contributed by atoms with Crippen LogP contribution < -0.4 is 5.32 Å². The van der Waals surface area contributed by atoms with Crippen molar-refractivity contribution in [2.75, 3.05) is 26.2 Å². The van der Waals surface area contributed by atoms with Gasteiger partial charge in [0.25, 0.3) is 0 Å². The lowest BCUT2D eigenvalue weighted by atomic mass is 9.96. The Hall–Kier alpha value is -0.610. The lowest BCUT2D eigenvalue weighted by Gasteiger charge is -2.32. The first-order valence-electron chi connectivity index (χ1n) is 7.75. The summed E-state index contributed by atoms with van der Waals surface area (Å²) in [6, 6.07) is 8.78. The highest BCUT2D eigenvalue weighted by Gasteiger charge is 2.19. The van der Waals surface area contributed by atoms with Gasteiger partial charge in [0.05, 0.1) is 0 Å². The van der Waals surface area contributed by atoms with Gasteiger partial charge in [-0.1, -0.05) is 25.1 Å². The van der Waals surface area contributed by atoms with Crippen molar-refractivity contribution in [2.45, 2.75) is 26.3 Å². The summed E-state index contributed by atoms with van der Waals surface area (Å²) in [7, 11) is 0. The van der Waals surface area contributed by atoms with Crippen molar-refractivity contribution < 1.29 is 0 Å². The maximum Gasteiger partial charge on any atom is 0.0346 e. The molecule has 1 aliphatic heterocycles. The number of thiophene rings is 1. The number of nitrogens with one attached hydrogen (secondary N) is 1. The van der Waals surface area contributed by atoms with E-state index in [1.807, 2.05) is 11.3 Å². The molecule has 1 aromatic heterocycles. The van der Waals surface area contributed by atoms with E-state index in [1.165, 1.54) is 48.1 Å². The zero-order valence-corrected chi connectivity index (χ0v) is 14.3. The molecule has 1 aliphatic rings. The Bertz CT molecular complexity index is 546. The second-order valence-electron chi connectivity index (χ2n) is 5.78. The van der Waals surface area contributed by atoms with Gasteiger partial charge >= 0.3 is 0 Å². The van der Waals surface area contributed by atoms with E-state index in [0.29, 0.717) is 0 Å². The van der Waals surface area contributed by atoms with E-state index in [4.69, 9.17) is 0 Å². The van der Waals surface area contributed by atoms with Crippen LogP contribution in [0.15, 0.2) is 29.6 Å². The Morgan fingerprint density at radius 2 is 2.00 bits per heavy atom. The molecule has 0 amide bonds. The van der Waals surface area contributed by atoms with Crippen molar-refractivity contribution in [3.63, 3.8) is 0 Å². The predicted molar refractivity (Wildman–Crippen MR) is 95.6 cm³/mol. The quantitative estimate of drug-likeness (QED) is 0.889. The van der Waals surface area contributed by atoms with Crippen LogP contribution in [-0.2, 0) is 6.54 Å². The van der Waals surface area contributed by atoms with Gasteiger partial charge in [0, 0.05) is 11.2 Å². The number of halogens is 1. The maximum absolute atomic E-state index is 3.49. The third-order valence-electron chi connectivity index (χ3n) is 4.35. The topological polar surface area (TPSA) is 15.3 Å². The number of hydrogen-bond acceptors (Lipinski definition) is 3. The summed E-state index contributed by atoms with van der Waals surface area (Å²) < 4.78 is 1.42. The van der Waals surface area contributed by atoms with E-state index < -0.39 is 0 Å². The summed E-state index contributed by atoms with van der Waals surface area (Å²) >= 11 is 1.88. The van der Waals surface area contributed by atoms with Crippen molar-refractivity contribution in [3.05, 3.63) is 35.2 Å². The summed E-state index contributed by atoms with van der Waals surface area (Å²) in [5.74, 6) is 0.880. The first kappa shape index (κ1) is 16.8. The van der Waals surface area contributed by atoms with Gasteiger partial charge in [-0.25, -0.2) is 0 Å². The summed E-state index contributed by atoms with van der Waals surface area (Å²) in [5, 5.41) is 7.28. The number of fused-ring (bicyclic) bond motifs is 1. The minimum atomic E-state index is 0. The maximum atomic E-state index is 3.49. The highest BCUT2D eigenvalue weighted by Crippen LogP contribution is 2.28. The van der Waals surface area contributed by atoms with Crippen molar-refractivity contribution >= 4 is 33.8 Å². The first-order chi connectivity index (χ1) is 9.86. The predicted octanol–water partition coefficient (Wildman–Crippen LogP) is 4.14. The smallest absolute Gasteiger partial charge is 0.0346 e. The fraction of sp³-hybridized carbons (Fsp3) is 0.529. The normalized spacial score (nSPS) is 17.0. The van der Waals surface area contributed by atoms with Gasteiger partial charge in [0.2, 0.25) is 0 Å². The number of piperidine rings is 1. The summed E-state index contributed by atoms with van der Waals surface area (Å²) in [5.41, 5.74) is 1.51. The minimum Gasteiger partial charge on any atom is -0.317 e. The molecule has 0 aliphatic carbocycles. The Labute approximate surface area is 137 Å². The molecule has 1 fully saturated rings. The van der Waals surface area contributed by atoms with Crippen molar-refractivity contribution in [1.29, 1.82) is 0 Å². The molecule has 0 radical (unpaired) electrons. The fourth-order valence-corrected chi connectivity index (χ4v) is 4.05. The first-order valence-corrected chi connectivity index (χ1v) is 8.63. The van der Waals surface area contributed by atoms with Gasteiger partial charge in [-0.3, -0.25) is 4.90 Å². The fourth-order valence-electron chi connectivity index (χ4n) is 3.09. The van der Waals surface area contributed by atoms with Crippen molar-refractivity contribution in [1.82, 2.24) is 10.2 Å². The lowest BCUT2D eigenvalue weighted by molar-refractivity contribution is 0.176. The average Bonchev–Trinajstić information content (AvgIpc) is 2.90. The molecule has 2 nitrogen and oxygen atoms in total. The van der Waals surface area contributed by atoms with Crippen LogP contribution in [0.1, 0.15) is 25.3 Å². The van der Waals surface area contributed by atoms with Crippen LogP contribution in [0.4, 0.5) is 0 Å². The third-order valence-corrected chi connectivity index (χ3v) is 5.36. The number of benzene rings is 1. The molecule has 0 bridgehead atoms. The number of rotatable bonds is 5. The van der Waals surface area contributed by atoms with Crippen LogP contribution >= 0.6 is 23.7 Å². The Kier molecular flexibility index (Phi) is 6.49. The van der Waals surface area contributed by atoms with Crippen LogP contribution in [0, 0.1) is 5.92 Å². The molecule has 1 saturated heterocycles. The third kappa shape index (κ3) is 4.19. The molecule has 3 rings (SSSR count). The van der Waals surface area contributed by atoms with Crippen LogP contribution in [0.2, 0.25) is 0 Å². The van der Waals surface area contributed by atoms with Crippen LogP contribution in [-0.4, -0.2) is 31.1 Å². The lowest BCUT2D eigenvalue weighted by Crippen LogP contribution is -2.36. The van der Waals surface area contributed by atoms with Gasteiger partial charge in [0.1, 0.15) is 0 Å². The van der Waals surface area contributed by atoms with Gasteiger partial charge in [-0.15, -0.1) is 23.7 Å². The highest BCUT2D eigenvalue weighted by molar-refractivity contribution is 7.17. The zero-order chi connectivity index (χ0) is 13.8. The standard InChI is InChI=1S/C17H24N2S.ClH/c1-2-18-11-14-7-9-19(10-8-14)12-15-13-20-17-6-4-3-5-16(15)17;/h3-6,13-14,18H,2,7-12H2,1H3;1H. The molecule has 21 heavy (non-hydrogen) atoms. The van der Waals surface area contributed by atoms with Crippen LogP contribution in [0.25, 0.3) is 10.1 Å². The number of likely N-dealkylation sites (tertiary alicyclic amines) is 1. The monoisotopic (exact) mass is 324 g/mol. The molecule has 0 atom stereocenters. The second-order valence-corrected chi connectivity index (χ2v) is 6.70. The molecular weight excluding hydrogens is 300 g/mol. The Morgan fingerprint density at radius 3 is 2.76 bits per heavy atom. The average molecular weight is 325 g/mol. The molecule has 4 heteroatoms. The number of hydrogen-bond donors (Lipinski definition) is 1. The van der Waals surface area contributed by atoms with Crippen molar-refractivity contribution in [2.24, 2.45) is 5.92 Å². The summed E-state index contributed by atoms with van der Waals surface area (Å²) in [6.45, 7) is 8.11. The highest BCUT2D eigenvalue weighted by atomic mass is 35.5. The summed E-state index contributed by atoms with van der Waals surface area (Å²) in [4.78, 5) is 2.62. The largest absolute Gasteiger partial charge is 0.317 e. The summed E-state index contributed by atoms with van der Waals surface area (Å²) in [6.07, 6.45) is 2.68. The molecule has 2 aromatic rings. The Balaban J connectivity index is 0.00000161. The molecule has 0 saturated carbocycles. The van der Waals surface area contributed by atoms with Crippen LogP contribution in [0.3, 0.4) is 0 Å². The molecule has 0 unspecified atom stereocenters. The van der Waals surface area contributed by atoms with E-state index in [1.54, 1.807) is 0 Å². The van der Waals surface area contributed by atoms with Gasteiger partial charge in [-0.2, -0.15) is 0 Å². The van der Waals surface area contributed by atoms with Crippen LogP contribution in [0.5, 0.6) is 0 Å². The van der Waals surface area contributed by atoms with Gasteiger partial charge in [0.15, 0.2) is 0 Å². The van der Waals surface area contributed by atoms with Gasteiger partial charge < -0.3 is 5.32 Å². The Morgan fingerprint density at radius 1 is 1.24 bits per heavy atom. The number of nitrogens with zero attached hydrogens (tertiary/aromatic N) is 1. The van der Waals surface area contributed by atoms with E-state index in [-0.39, 0.29) is 12.4 Å². The molecule has 0 spiro atoms. The second kappa shape index (κ2) is 8.14. The van der Waals surface area contributed by atoms with Gasteiger partial charge in [-0.05, 0) is 67.3 Å². The molecule has 116 valence electrons.